The van der Waals surface area contributed by atoms with Gasteiger partial charge in [0, 0.05) is 16.4 Å². The van der Waals surface area contributed by atoms with Gasteiger partial charge in [0.15, 0.2) is 0 Å². The van der Waals surface area contributed by atoms with E-state index in [0.717, 1.165) is 11.6 Å². The van der Waals surface area contributed by atoms with E-state index in [2.05, 4.69) is 5.32 Å². The van der Waals surface area contributed by atoms with Gasteiger partial charge in [-0.2, -0.15) is 0 Å². The van der Waals surface area contributed by atoms with Gasteiger partial charge in [-0.3, -0.25) is 4.79 Å². The maximum Gasteiger partial charge on any atom is 0.257 e. The number of amides is 1. The van der Waals surface area contributed by atoms with Crippen molar-refractivity contribution in [2.24, 2.45) is 0 Å². The molecule has 0 aliphatic rings. The third-order valence-corrected chi connectivity index (χ3v) is 3.19. The van der Waals surface area contributed by atoms with Crippen molar-refractivity contribution < 1.29 is 9.18 Å². The van der Waals surface area contributed by atoms with Gasteiger partial charge >= 0.3 is 0 Å². The molecule has 0 saturated carbocycles. The molecule has 2 rings (SSSR count). The van der Waals surface area contributed by atoms with Crippen LogP contribution in [-0.4, -0.2) is 5.91 Å². The molecule has 0 heterocycles. The summed E-state index contributed by atoms with van der Waals surface area (Å²) in [4.78, 5) is 12.0. The Balaban J connectivity index is 2.31. The Morgan fingerprint density at radius 2 is 2.05 bits per heavy atom. The Morgan fingerprint density at radius 1 is 1.32 bits per heavy atom. The summed E-state index contributed by atoms with van der Waals surface area (Å²) < 4.78 is 13.1. The van der Waals surface area contributed by atoms with Crippen molar-refractivity contribution in [3.63, 3.8) is 0 Å². The van der Waals surface area contributed by atoms with Crippen LogP contribution in [0.2, 0.25) is 5.02 Å². The number of carbonyl (C=O) groups excluding carboxylic acids is 1. The molecule has 0 saturated heterocycles. The molecule has 3 nitrogen and oxygen atoms in total. The zero-order valence-electron chi connectivity index (χ0n) is 10.2. The second kappa shape index (κ2) is 5.28. The van der Waals surface area contributed by atoms with E-state index in [1.165, 1.54) is 12.1 Å². The van der Waals surface area contributed by atoms with Crippen LogP contribution in [0.4, 0.5) is 15.8 Å². The summed E-state index contributed by atoms with van der Waals surface area (Å²) in [5.41, 5.74) is 7.29. The van der Waals surface area contributed by atoms with Gasteiger partial charge in [-0.05, 0) is 42.8 Å². The minimum absolute atomic E-state index is 0.0966. The predicted molar refractivity (Wildman–Crippen MR) is 75.0 cm³/mol. The van der Waals surface area contributed by atoms with Gasteiger partial charge in [-0.25, -0.2) is 4.39 Å². The van der Waals surface area contributed by atoms with Crippen LogP contribution in [0.3, 0.4) is 0 Å². The summed E-state index contributed by atoms with van der Waals surface area (Å²) in [6, 6.07) is 8.83. The number of hydrogen-bond donors (Lipinski definition) is 2. The highest BCUT2D eigenvalue weighted by atomic mass is 35.5. The molecule has 0 aliphatic heterocycles. The van der Waals surface area contributed by atoms with Crippen LogP contribution in [0.5, 0.6) is 0 Å². The minimum Gasteiger partial charge on any atom is -0.398 e. The number of nitrogens with one attached hydrogen (secondary N) is 1. The Morgan fingerprint density at radius 3 is 2.79 bits per heavy atom. The fourth-order valence-corrected chi connectivity index (χ4v) is 1.83. The third kappa shape index (κ3) is 2.85. The maximum atomic E-state index is 13.1. The number of nitrogen functional groups attached to an aromatic ring is 1. The number of anilines is 2. The van der Waals surface area contributed by atoms with Crippen LogP contribution >= 0.6 is 11.6 Å². The number of rotatable bonds is 2. The Labute approximate surface area is 115 Å². The molecule has 19 heavy (non-hydrogen) atoms. The molecular formula is C14H12ClFN2O. The van der Waals surface area contributed by atoms with Crippen molar-refractivity contribution in [2.75, 3.05) is 11.1 Å². The van der Waals surface area contributed by atoms with E-state index in [1.54, 1.807) is 25.1 Å². The van der Waals surface area contributed by atoms with Crippen molar-refractivity contribution in [1.29, 1.82) is 0 Å². The lowest BCUT2D eigenvalue weighted by Gasteiger charge is -2.10. The van der Waals surface area contributed by atoms with E-state index >= 15 is 0 Å². The maximum absolute atomic E-state index is 13.1. The molecule has 2 aromatic carbocycles. The van der Waals surface area contributed by atoms with Crippen molar-refractivity contribution in [3.8, 4) is 0 Å². The third-order valence-electron chi connectivity index (χ3n) is 2.78. The molecule has 1 amide bonds. The number of hydrogen-bond acceptors (Lipinski definition) is 2. The molecular weight excluding hydrogens is 267 g/mol. The van der Waals surface area contributed by atoms with Gasteiger partial charge in [0.2, 0.25) is 0 Å². The first-order valence-corrected chi connectivity index (χ1v) is 5.98. The summed E-state index contributed by atoms with van der Waals surface area (Å²) >= 11 is 5.96. The topological polar surface area (TPSA) is 55.1 Å². The Kier molecular flexibility index (Phi) is 3.71. The molecule has 0 aliphatic carbocycles. The van der Waals surface area contributed by atoms with Crippen LogP contribution in [-0.2, 0) is 0 Å². The molecule has 0 aromatic heterocycles. The molecule has 2 aromatic rings. The molecule has 3 N–H and O–H groups in total. The smallest absolute Gasteiger partial charge is 0.257 e. The van der Waals surface area contributed by atoms with Crippen molar-refractivity contribution in [3.05, 3.63) is 58.4 Å². The monoisotopic (exact) mass is 278 g/mol. The van der Waals surface area contributed by atoms with E-state index in [9.17, 15) is 9.18 Å². The van der Waals surface area contributed by atoms with Crippen LogP contribution in [0.1, 0.15) is 15.9 Å². The summed E-state index contributed by atoms with van der Waals surface area (Å²) in [5, 5.41) is 3.21. The van der Waals surface area contributed by atoms with E-state index in [0.29, 0.717) is 10.7 Å². The van der Waals surface area contributed by atoms with E-state index in [4.69, 9.17) is 17.3 Å². The molecule has 5 heteroatoms. The van der Waals surface area contributed by atoms with Crippen LogP contribution in [0.25, 0.3) is 0 Å². The molecule has 0 bridgehead atoms. The van der Waals surface area contributed by atoms with E-state index < -0.39 is 11.7 Å². The number of benzene rings is 2. The van der Waals surface area contributed by atoms with Gasteiger partial charge in [-0.1, -0.05) is 17.7 Å². The molecule has 98 valence electrons. The van der Waals surface area contributed by atoms with Crippen molar-refractivity contribution in [1.82, 2.24) is 0 Å². The fraction of sp³-hybridized carbons (Fsp3) is 0.0714. The summed E-state index contributed by atoms with van der Waals surface area (Å²) in [7, 11) is 0. The summed E-state index contributed by atoms with van der Waals surface area (Å²) in [6.45, 7) is 1.78. The molecule has 0 fully saturated rings. The largest absolute Gasteiger partial charge is 0.398 e. The van der Waals surface area contributed by atoms with Crippen LogP contribution < -0.4 is 11.1 Å². The average Bonchev–Trinajstić information content (AvgIpc) is 2.38. The van der Waals surface area contributed by atoms with Crippen LogP contribution in [0, 0.1) is 12.7 Å². The quantitative estimate of drug-likeness (QED) is 0.824. The van der Waals surface area contributed by atoms with E-state index in [-0.39, 0.29) is 11.3 Å². The number of halogens is 2. The fourth-order valence-electron chi connectivity index (χ4n) is 1.66. The van der Waals surface area contributed by atoms with Gasteiger partial charge in [0.1, 0.15) is 5.82 Å². The Hall–Kier alpha value is -2.07. The first-order valence-electron chi connectivity index (χ1n) is 5.60. The molecule has 0 atom stereocenters. The highest BCUT2D eigenvalue weighted by molar-refractivity contribution is 6.31. The van der Waals surface area contributed by atoms with Crippen molar-refractivity contribution >= 4 is 28.9 Å². The number of nitrogens with two attached hydrogens (primary N) is 1. The predicted octanol–water partition coefficient (Wildman–Crippen LogP) is 3.62. The Bertz CT molecular complexity index is 643. The summed E-state index contributed by atoms with van der Waals surface area (Å²) in [5.74, 6) is -0.982. The summed E-state index contributed by atoms with van der Waals surface area (Å²) in [6.07, 6.45) is 0. The van der Waals surface area contributed by atoms with Crippen LogP contribution in [0.15, 0.2) is 36.4 Å². The molecule has 0 unspecified atom stereocenters. The second-order valence-electron chi connectivity index (χ2n) is 4.10. The second-order valence-corrected chi connectivity index (χ2v) is 4.51. The minimum atomic E-state index is -0.512. The normalized spacial score (nSPS) is 10.3. The zero-order valence-corrected chi connectivity index (χ0v) is 11.0. The lowest BCUT2D eigenvalue weighted by molar-refractivity contribution is 0.102. The highest BCUT2D eigenvalue weighted by Crippen LogP contribution is 2.24. The lowest BCUT2D eigenvalue weighted by Crippen LogP contribution is -2.15. The first-order chi connectivity index (χ1) is 8.99. The molecule has 0 spiro atoms. The van der Waals surface area contributed by atoms with E-state index in [1.807, 2.05) is 0 Å². The number of carbonyl (C=O) groups is 1. The average molecular weight is 279 g/mol. The first kappa shape index (κ1) is 13.4. The highest BCUT2D eigenvalue weighted by Gasteiger charge is 2.12. The SMILES string of the molecule is Cc1c(Cl)cccc1NC(=O)c1cc(F)ccc1N. The zero-order chi connectivity index (χ0) is 14.0. The van der Waals surface area contributed by atoms with Crippen molar-refractivity contribution in [2.45, 2.75) is 6.92 Å². The van der Waals surface area contributed by atoms with Gasteiger partial charge in [0.05, 0.1) is 5.56 Å². The lowest BCUT2D eigenvalue weighted by atomic mass is 10.1. The molecule has 0 radical (unpaired) electrons. The van der Waals surface area contributed by atoms with Gasteiger partial charge < -0.3 is 11.1 Å². The standard InChI is InChI=1S/C14H12ClFN2O/c1-8-11(15)3-2-4-13(8)18-14(19)10-7-9(16)5-6-12(10)17/h2-7H,17H2,1H3,(H,18,19). The van der Waals surface area contributed by atoms with Gasteiger partial charge in [0.25, 0.3) is 5.91 Å². The van der Waals surface area contributed by atoms with Gasteiger partial charge in [-0.15, -0.1) is 0 Å².